The van der Waals surface area contributed by atoms with Crippen molar-refractivity contribution < 1.29 is 4.79 Å². The van der Waals surface area contributed by atoms with Crippen LogP contribution in [-0.4, -0.2) is 46.0 Å². The van der Waals surface area contributed by atoms with E-state index in [1.165, 1.54) is 0 Å². The van der Waals surface area contributed by atoms with Crippen molar-refractivity contribution in [2.24, 2.45) is 0 Å². The van der Waals surface area contributed by atoms with E-state index in [1.54, 1.807) is 23.5 Å². The number of hydrogen-bond acceptors (Lipinski definition) is 4. The normalized spacial score (nSPS) is 10.5. The van der Waals surface area contributed by atoms with Crippen molar-refractivity contribution in [1.82, 2.24) is 19.5 Å². The van der Waals surface area contributed by atoms with E-state index in [1.807, 2.05) is 24.4 Å². The molecule has 17 heavy (non-hydrogen) atoms. The van der Waals surface area contributed by atoms with Crippen LogP contribution in [0.2, 0.25) is 0 Å². The van der Waals surface area contributed by atoms with Crippen molar-refractivity contribution in [3.05, 3.63) is 24.4 Å². The summed E-state index contributed by atoms with van der Waals surface area (Å²) in [6.45, 7) is 0.536. The summed E-state index contributed by atoms with van der Waals surface area (Å²) in [5.41, 5.74) is 0.786. The Labute approximate surface area is 99.3 Å². The lowest BCUT2D eigenvalue weighted by atomic mass is 10.4. The molecule has 90 valence electrons. The molecule has 0 aliphatic carbocycles. The number of rotatable bonds is 4. The average Bonchev–Trinajstić information content (AvgIpc) is 2.71. The number of anilines is 1. The van der Waals surface area contributed by atoms with Crippen LogP contribution in [-0.2, 0) is 4.79 Å². The molecule has 0 unspecified atom stereocenters. The Morgan fingerprint density at radius 1 is 1.47 bits per heavy atom. The molecule has 2 heterocycles. The van der Waals surface area contributed by atoms with E-state index in [2.05, 4.69) is 15.4 Å². The van der Waals surface area contributed by atoms with Gasteiger partial charge in [0.2, 0.25) is 11.9 Å². The van der Waals surface area contributed by atoms with Crippen LogP contribution in [0.25, 0.3) is 5.65 Å². The standard InChI is InChI=1S/C11H15N5O/c1-15(2)10(17)6-7-12-11-13-9-5-3-4-8-16(9)14-11/h3-5,8H,6-7H2,1-2H3,(H,12,14). The van der Waals surface area contributed by atoms with Crippen LogP contribution < -0.4 is 5.32 Å². The molecule has 0 spiro atoms. The number of nitrogens with zero attached hydrogens (tertiary/aromatic N) is 4. The van der Waals surface area contributed by atoms with Gasteiger partial charge in [0, 0.05) is 33.3 Å². The molecule has 0 fully saturated rings. The summed E-state index contributed by atoms with van der Waals surface area (Å²) in [6.07, 6.45) is 2.26. The Balaban J connectivity index is 1.93. The third-order valence-electron chi connectivity index (χ3n) is 2.36. The van der Waals surface area contributed by atoms with Gasteiger partial charge in [-0.3, -0.25) is 4.79 Å². The van der Waals surface area contributed by atoms with Gasteiger partial charge in [-0.1, -0.05) is 6.07 Å². The van der Waals surface area contributed by atoms with E-state index in [0.717, 1.165) is 5.65 Å². The minimum Gasteiger partial charge on any atom is -0.352 e. The van der Waals surface area contributed by atoms with Gasteiger partial charge >= 0.3 is 0 Å². The third kappa shape index (κ3) is 2.72. The Morgan fingerprint density at radius 3 is 3.00 bits per heavy atom. The summed E-state index contributed by atoms with van der Waals surface area (Å²) < 4.78 is 1.69. The van der Waals surface area contributed by atoms with Crippen LogP contribution in [0.5, 0.6) is 0 Å². The second kappa shape index (κ2) is 4.82. The van der Waals surface area contributed by atoms with E-state index in [9.17, 15) is 4.79 Å². The first-order valence-corrected chi connectivity index (χ1v) is 5.42. The second-order valence-electron chi connectivity index (χ2n) is 3.90. The van der Waals surface area contributed by atoms with Crippen LogP contribution >= 0.6 is 0 Å². The van der Waals surface area contributed by atoms with Crippen LogP contribution in [0.1, 0.15) is 6.42 Å². The number of fused-ring (bicyclic) bond motifs is 1. The zero-order valence-corrected chi connectivity index (χ0v) is 9.92. The third-order valence-corrected chi connectivity index (χ3v) is 2.36. The van der Waals surface area contributed by atoms with Gasteiger partial charge < -0.3 is 10.2 Å². The number of amides is 1. The monoisotopic (exact) mass is 233 g/mol. The first kappa shape index (κ1) is 11.4. The lowest BCUT2D eigenvalue weighted by molar-refractivity contribution is -0.128. The van der Waals surface area contributed by atoms with Crippen LogP contribution in [0.15, 0.2) is 24.4 Å². The summed E-state index contributed by atoms with van der Waals surface area (Å²) in [6, 6.07) is 5.67. The first-order chi connectivity index (χ1) is 8.16. The van der Waals surface area contributed by atoms with Gasteiger partial charge in [0.15, 0.2) is 5.65 Å². The van der Waals surface area contributed by atoms with Crippen molar-refractivity contribution in [2.75, 3.05) is 26.0 Å². The number of pyridine rings is 1. The molecule has 0 aliphatic rings. The number of hydrogen-bond donors (Lipinski definition) is 1. The number of nitrogens with one attached hydrogen (secondary N) is 1. The summed E-state index contributed by atoms with van der Waals surface area (Å²) in [4.78, 5) is 17.2. The fourth-order valence-corrected chi connectivity index (χ4v) is 1.41. The second-order valence-corrected chi connectivity index (χ2v) is 3.90. The Kier molecular flexibility index (Phi) is 3.22. The fraction of sp³-hybridized carbons (Fsp3) is 0.364. The molecule has 0 aliphatic heterocycles. The van der Waals surface area contributed by atoms with Crippen molar-refractivity contribution in [2.45, 2.75) is 6.42 Å². The maximum absolute atomic E-state index is 11.3. The van der Waals surface area contributed by atoms with Crippen LogP contribution in [0.3, 0.4) is 0 Å². The predicted octanol–water partition coefficient (Wildman–Crippen LogP) is 0.619. The van der Waals surface area contributed by atoms with Crippen molar-refractivity contribution in [3.8, 4) is 0 Å². The Hall–Kier alpha value is -2.11. The molecule has 0 saturated carbocycles. The zero-order chi connectivity index (χ0) is 12.3. The van der Waals surface area contributed by atoms with E-state index in [-0.39, 0.29) is 5.91 Å². The molecular weight excluding hydrogens is 218 g/mol. The van der Waals surface area contributed by atoms with Gasteiger partial charge in [-0.05, 0) is 12.1 Å². The van der Waals surface area contributed by atoms with Gasteiger partial charge in [-0.25, -0.2) is 4.52 Å². The maximum Gasteiger partial charge on any atom is 0.243 e. The van der Waals surface area contributed by atoms with Gasteiger partial charge in [0.25, 0.3) is 0 Å². The molecule has 0 aromatic carbocycles. The van der Waals surface area contributed by atoms with E-state index in [4.69, 9.17) is 0 Å². The lowest BCUT2D eigenvalue weighted by Crippen LogP contribution is -2.24. The highest BCUT2D eigenvalue weighted by molar-refractivity contribution is 5.76. The van der Waals surface area contributed by atoms with Gasteiger partial charge in [0.1, 0.15) is 0 Å². The van der Waals surface area contributed by atoms with E-state index in [0.29, 0.717) is 18.9 Å². The van der Waals surface area contributed by atoms with E-state index < -0.39 is 0 Å². The molecule has 0 bridgehead atoms. The topological polar surface area (TPSA) is 62.5 Å². The number of aromatic nitrogens is 3. The highest BCUT2D eigenvalue weighted by Crippen LogP contribution is 2.04. The van der Waals surface area contributed by atoms with Crippen LogP contribution in [0, 0.1) is 0 Å². The van der Waals surface area contributed by atoms with Gasteiger partial charge in [0.05, 0.1) is 0 Å². The Morgan fingerprint density at radius 2 is 2.29 bits per heavy atom. The minimum atomic E-state index is 0.0845. The number of carbonyl (C=O) groups is 1. The fourth-order valence-electron chi connectivity index (χ4n) is 1.41. The lowest BCUT2D eigenvalue weighted by Gasteiger charge is -2.09. The summed E-state index contributed by atoms with van der Waals surface area (Å²) in [5.74, 6) is 0.629. The molecule has 2 aromatic heterocycles. The van der Waals surface area contributed by atoms with Crippen molar-refractivity contribution in [1.29, 1.82) is 0 Å². The molecule has 6 nitrogen and oxygen atoms in total. The molecule has 6 heteroatoms. The molecule has 0 radical (unpaired) electrons. The van der Waals surface area contributed by atoms with E-state index >= 15 is 0 Å². The molecule has 0 saturated heterocycles. The largest absolute Gasteiger partial charge is 0.352 e. The smallest absolute Gasteiger partial charge is 0.243 e. The van der Waals surface area contributed by atoms with Gasteiger partial charge in [-0.15, -0.1) is 5.10 Å². The summed E-state index contributed by atoms with van der Waals surface area (Å²) >= 11 is 0. The molecule has 2 aromatic rings. The number of carbonyl (C=O) groups excluding carboxylic acids is 1. The van der Waals surface area contributed by atoms with Crippen molar-refractivity contribution >= 4 is 17.5 Å². The van der Waals surface area contributed by atoms with Crippen LogP contribution in [0.4, 0.5) is 5.95 Å². The SMILES string of the molecule is CN(C)C(=O)CCNc1nc2ccccn2n1. The highest BCUT2D eigenvalue weighted by Gasteiger charge is 2.05. The summed E-state index contributed by atoms with van der Waals surface area (Å²) in [5, 5.41) is 7.25. The average molecular weight is 233 g/mol. The molecule has 1 N–H and O–H groups in total. The maximum atomic E-state index is 11.3. The molecular formula is C11H15N5O. The minimum absolute atomic E-state index is 0.0845. The molecule has 0 atom stereocenters. The Bertz CT molecular complexity index is 486. The molecule has 2 rings (SSSR count). The quantitative estimate of drug-likeness (QED) is 0.841. The molecule has 1 amide bonds. The van der Waals surface area contributed by atoms with Gasteiger partial charge in [-0.2, -0.15) is 4.98 Å². The first-order valence-electron chi connectivity index (χ1n) is 5.42. The zero-order valence-electron chi connectivity index (χ0n) is 9.92. The summed E-state index contributed by atoms with van der Waals surface area (Å²) in [7, 11) is 3.48. The van der Waals surface area contributed by atoms with Crippen molar-refractivity contribution in [3.63, 3.8) is 0 Å². The highest BCUT2D eigenvalue weighted by atomic mass is 16.2. The predicted molar refractivity (Wildman–Crippen MR) is 64.8 cm³/mol.